The minimum Gasteiger partial charge on any atom is -0.326 e. The second-order valence-electron chi connectivity index (χ2n) is 8.11. The molecule has 3 heterocycles. The average Bonchev–Trinajstić information content (AvgIpc) is 3.45. The molecule has 4 rings (SSSR count). The van der Waals surface area contributed by atoms with Gasteiger partial charge in [0.05, 0.1) is 13.1 Å². The summed E-state index contributed by atoms with van der Waals surface area (Å²) in [5.74, 6) is 4.70. The van der Waals surface area contributed by atoms with Crippen LogP contribution >= 0.6 is 11.3 Å². The lowest BCUT2D eigenvalue weighted by atomic mass is 9.83. The number of aromatic amines is 1. The van der Waals surface area contributed by atoms with Crippen LogP contribution in [0, 0.1) is 23.2 Å². The van der Waals surface area contributed by atoms with Crippen LogP contribution in [0.25, 0.3) is 11.1 Å². The van der Waals surface area contributed by atoms with Gasteiger partial charge in [-0.2, -0.15) is 23.5 Å². The molecule has 0 aliphatic carbocycles. The SMILES string of the molecule is CN(C)CC#CC(=O)N1Cc2sc(C#N)cc2[C@H](c2ccccc2-c2c[nH]nc2C(F)(F)F)C1. The molecule has 1 aliphatic rings. The highest BCUT2D eigenvalue weighted by molar-refractivity contribution is 7.12. The number of carbonyl (C=O) groups excluding carboxylic acids is 1. The number of nitriles is 1. The summed E-state index contributed by atoms with van der Waals surface area (Å²) >= 11 is 1.28. The molecule has 0 fully saturated rings. The van der Waals surface area contributed by atoms with E-state index >= 15 is 0 Å². The third kappa shape index (κ3) is 4.69. The van der Waals surface area contributed by atoms with Crippen molar-refractivity contribution in [2.24, 2.45) is 0 Å². The van der Waals surface area contributed by atoms with Gasteiger partial charge in [0, 0.05) is 29.1 Å². The molecule has 0 bridgehead atoms. The molecule has 174 valence electrons. The number of thiophene rings is 1. The zero-order valence-corrected chi connectivity index (χ0v) is 19.2. The van der Waals surface area contributed by atoms with Crippen LogP contribution in [0.2, 0.25) is 0 Å². The Morgan fingerprint density at radius 2 is 2.06 bits per heavy atom. The van der Waals surface area contributed by atoms with Crippen molar-refractivity contribution in [3.05, 3.63) is 63.1 Å². The molecule has 0 radical (unpaired) electrons. The predicted molar refractivity (Wildman–Crippen MR) is 122 cm³/mol. The zero-order chi connectivity index (χ0) is 24.5. The van der Waals surface area contributed by atoms with Crippen LogP contribution in [-0.4, -0.2) is 53.1 Å². The number of fused-ring (bicyclic) bond motifs is 1. The number of aromatic nitrogens is 2. The predicted octanol–water partition coefficient (Wildman–Crippen LogP) is 4.07. The largest absolute Gasteiger partial charge is 0.435 e. The maximum absolute atomic E-state index is 13.6. The van der Waals surface area contributed by atoms with Gasteiger partial charge >= 0.3 is 6.18 Å². The summed E-state index contributed by atoms with van der Waals surface area (Å²) in [6.07, 6.45) is -3.39. The number of nitrogens with one attached hydrogen (secondary N) is 1. The van der Waals surface area contributed by atoms with Crippen LogP contribution in [0.5, 0.6) is 0 Å². The van der Waals surface area contributed by atoms with Gasteiger partial charge in [-0.05, 0) is 42.8 Å². The summed E-state index contributed by atoms with van der Waals surface area (Å²) < 4.78 is 40.8. The maximum atomic E-state index is 13.6. The Hall–Kier alpha value is -3.60. The quantitative estimate of drug-likeness (QED) is 0.570. The minimum absolute atomic E-state index is 0.0605. The number of hydrogen-bond acceptors (Lipinski definition) is 5. The van der Waals surface area contributed by atoms with Crippen LogP contribution in [0.1, 0.15) is 32.5 Å². The summed E-state index contributed by atoms with van der Waals surface area (Å²) in [5, 5.41) is 15.2. The lowest BCUT2D eigenvalue weighted by Crippen LogP contribution is -2.37. The molecule has 1 amide bonds. The molecule has 34 heavy (non-hydrogen) atoms. The van der Waals surface area contributed by atoms with E-state index in [9.17, 15) is 23.2 Å². The van der Waals surface area contributed by atoms with Gasteiger partial charge in [0.15, 0.2) is 5.69 Å². The van der Waals surface area contributed by atoms with Crippen molar-refractivity contribution < 1.29 is 18.0 Å². The number of rotatable bonds is 3. The number of hydrogen-bond donors (Lipinski definition) is 1. The molecule has 0 saturated heterocycles. The first-order chi connectivity index (χ1) is 16.2. The highest BCUT2D eigenvalue weighted by Crippen LogP contribution is 2.43. The van der Waals surface area contributed by atoms with E-state index in [0.29, 0.717) is 29.1 Å². The summed E-state index contributed by atoms with van der Waals surface area (Å²) in [4.78, 5) is 17.6. The second-order valence-corrected chi connectivity index (χ2v) is 9.25. The fourth-order valence-corrected chi connectivity index (χ4v) is 5.04. The molecule has 3 aromatic rings. The Balaban J connectivity index is 1.79. The highest BCUT2D eigenvalue weighted by Gasteiger charge is 2.38. The summed E-state index contributed by atoms with van der Waals surface area (Å²) in [6, 6.07) is 10.7. The third-order valence-corrected chi connectivity index (χ3v) is 6.52. The molecular weight excluding hydrogens is 463 g/mol. The van der Waals surface area contributed by atoms with Gasteiger partial charge in [-0.25, -0.2) is 0 Å². The molecular formula is C24H20F3N5OS. The first-order valence-corrected chi connectivity index (χ1v) is 11.2. The highest BCUT2D eigenvalue weighted by atomic mass is 32.1. The number of carbonyl (C=O) groups is 1. The van der Waals surface area contributed by atoms with E-state index in [1.54, 1.807) is 35.2 Å². The van der Waals surface area contributed by atoms with Crippen LogP contribution in [0.15, 0.2) is 36.5 Å². The van der Waals surface area contributed by atoms with E-state index in [2.05, 4.69) is 28.1 Å². The molecule has 1 N–H and O–H groups in total. The first-order valence-electron chi connectivity index (χ1n) is 10.3. The third-order valence-electron chi connectivity index (χ3n) is 5.48. The van der Waals surface area contributed by atoms with Gasteiger partial charge in [0.1, 0.15) is 10.9 Å². The number of nitrogens with zero attached hydrogens (tertiary/aromatic N) is 4. The first kappa shape index (κ1) is 23.6. The molecule has 1 aliphatic heterocycles. The van der Waals surface area contributed by atoms with Gasteiger partial charge in [0.25, 0.3) is 5.91 Å². The number of benzene rings is 1. The molecule has 0 unspecified atom stereocenters. The van der Waals surface area contributed by atoms with Crippen molar-refractivity contribution in [3.63, 3.8) is 0 Å². The van der Waals surface area contributed by atoms with Crippen molar-refractivity contribution >= 4 is 17.2 Å². The zero-order valence-electron chi connectivity index (χ0n) is 18.4. The lowest BCUT2D eigenvalue weighted by Gasteiger charge is -2.33. The Kier molecular flexibility index (Phi) is 6.47. The molecule has 2 aromatic heterocycles. The van der Waals surface area contributed by atoms with Crippen LogP contribution < -0.4 is 0 Å². The minimum atomic E-state index is -4.62. The van der Waals surface area contributed by atoms with E-state index < -0.39 is 17.8 Å². The number of H-pyrrole nitrogens is 1. The van der Waals surface area contributed by atoms with Crippen molar-refractivity contribution in [2.75, 3.05) is 27.2 Å². The summed E-state index contributed by atoms with van der Waals surface area (Å²) in [6.45, 7) is 0.963. The van der Waals surface area contributed by atoms with Crippen LogP contribution in [0.4, 0.5) is 13.2 Å². The molecule has 10 heteroatoms. The van der Waals surface area contributed by atoms with E-state index in [0.717, 1.165) is 10.4 Å². The lowest BCUT2D eigenvalue weighted by molar-refractivity contribution is -0.140. The Labute approximate surface area is 198 Å². The summed E-state index contributed by atoms with van der Waals surface area (Å²) in [7, 11) is 3.69. The topological polar surface area (TPSA) is 76.0 Å². The van der Waals surface area contributed by atoms with Gasteiger partial charge in [-0.3, -0.25) is 14.8 Å². The van der Waals surface area contributed by atoms with E-state index in [-0.39, 0.29) is 18.0 Å². The number of amides is 1. The monoisotopic (exact) mass is 483 g/mol. The van der Waals surface area contributed by atoms with Gasteiger partial charge in [-0.1, -0.05) is 30.2 Å². The Morgan fingerprint density at radius 3 is 2.76 bits per heavy atom. The van der Waals surface area contributed by atoms with E-state index in [1.165, 1.54) is 17.5 Å². The van der Waals surface area contributed by atoms with Gasteiger partial charge in [-0.15, -0.1) is 11.3 Å². The molecule has 6 nitrogen and oxygen atoms in total. The van der Waals surface area contributed by atoms with Crippen molar-refractivity contribution in [1.29, 1.82) is 5.26 Å². The Bertz CT molecular complexity index is 1320. The van der Waals surface area contributed by atoms with Gasteiger partial charge < -0.3 is 4.90 Å². The smallest absolute Gasteiger partial charge is 0.326 e. The van der Waals surface area contributed by atoms with Crippen molar-refractivity contribution in [1.82, 2.24) is 20.0 Å². The molecule has 0 spiro atoms. The number of alkyl halides is 3. The summed E-state index contributed by atoms with van der Waals surface area (Å²) in [5.41, 5.74) is 0.779. The normalized spacial score (nSPS) is 15.4. The Morgan fingerprint density at radius 1 is 1.29 bits per heavy atom. The van der Waals surface area contributed by atoms with Crippen LogP contribution in [0.3, 0.4) is 0 Å². The fourth-order valence-electron chi connectivity index (χ4n) is 4.00. The average molecular weight is 484 g/mol. The van der Waals surface area contributed by atoms with Gasteiger partial charge in [0.2, 0.25) is 0 Å². The molecule has 1 atom stereocenters. The van der Waals surface area contributed by atoms with Crippen molar-refractivity contribution in [2.45, 2.75) is 18.6 Å². The molecule has 1 aromatic carbocycles. The van der Waals surface area contributed by atoms with Crippen LogP contribution in [-0.2, 0) is 17.5 Å². The fraction of sp³-hybridized carbons (Fsp3) is 0.292. The van der Waals surface area contributed by atoms with E-state index in [4.69, 9.17) is 0 Å². The van der Waals surface area contributed by atoms with Crippen molar-refractivity contribution in [3.8, 4) is 29.0 Å². The molecule has 0 saturated carbocycles. The van der Waals surface area contributed by atoms with E-state index in [1.807, 2.05) is 19.0 Å². The maximum Gasteiger partial charge on any atom is 0.435 e. The second kappa shape index (κ2) is 9.34. The standard InChI is InChI=1S/C24H20F3N5OS/c1-31(2)9-5-8-22(33)32-13-20(18-10-15(11-28)34-21(18)14-32)17-7-4-3-6-16(17)19-12-29-30-23(19)24(25,26)27/h3-4,6-7,10,12,20H,9,13-14H2,1-2H3,(H,29,30)/t20-/m0/s1. The number of halogens is 3.